The molecule has 3 aromatic rings. The van der Waals surface area contributed by atoms with Crippen molar-refractivity contribution < 1.29 is 28.5 Å². The molecule has 0 amide bonds. The molecule has 0 aromatic heterocycles. The maximum absolute atomic E-state index is 12.5. The first-order valence-electron chi connectivity index (χ1n) is 8.33. The van der Waals surface area contributed by atoms with E-state index in [9.17, 15) is 4.79 Å². The second-order valence-electron chi connectivity index (χ2n) is 5.98. The van der Waals surface area contributed by atoms with Crippen LogP contribution < -0.4 is 18.9 Å². The van der Waals surface area contributed by atoms with Crippen LogP contribution in [0.5, 0.6) is 23.0 Å². The Morgan fingerprint density at radius 3 is 2.30 bits per heavy atom. The molecular weight excluding hydrogens is 348 g/mol. The number of methoxy groups -OCH3 is 3. The van der Waals surface area contributed by atoms with E-state index in [4.69, 9.17) is 23.7 Å². The van der Waals surface area contributed by atoms with Gasteiger partial charge in [-0.3, -0.25) is 0 Å². The van der Waals surface area contributed by atoms with Crippen molar-refractivity contribution >= 4 is 16.7 Å². The summed E-state index contributed by atoms with van der Waals surface area (Å²) in [7, 11) is 4.36. The van der Waals surface area contributed by atoms with E-state index in [0.29, 0.717) is 28.4 Å². The van der Waals surface area contributed by atoms with Crippen molar-refractivity contribution in [2.24, 2.45) is 0 Å². The summed E-state index contributed by atoms with van der Waals surface area (Å²) >= 11 is 0. The van der Waals surface area contributed by atoms with Crippen LogP contribution in [0.1, 0.15) is 10.4 Å². The maximum Gasteiger partial charge on any atom is 0.342 e. The molecule has 0 N–H and O–H groups in total. The van der Waals surface area contributed by atoms with Crippen molar-refractivity contribution in [3.05, 3.63) is 48.0 Å². The zero-order chi connectivity index (χ0) is 19.0. The Bertz CT molecular complexity index is 1040. The lowest BCUT2D eigenvalue weighted by atomic mass is 9.96. The molecule has 0 saturated heterocycles. The molecule has 1 aliphatic heterocycles. The lowest BCUT2D eigenvalue weighted by molar-refractivity contribution is 0.0597. The summed E-state index contributed by atoms with van der Waals surface area (Å²) in [6.07, 6.45) is 0. The maximum atomic E-state index is 12.5. The fourth-order valence-electron chi connectivity index (χ4n) is 3.28. The van der Waals surface area contributed by atoms with Crippen molar-refractivity contribution in [3.8, 4) is 34.1 Å². The van der Waals surface area contributed by atoms with Gasteiger partial charge in [0.1, 0.15) is 5.56 Å². The number of hydrogen-bond acceptors (Lipinski definition) is 6. The largest absolute Gasteiger partial charge is 0.493 e. The molecule has 0 unspecified atom stereocenters. The lowest BCUT2D eigenvalue weighted by Gasteiger charge is -2.16. The summed E-state index contributed by atoms with van der Waals surface area (Å²) in [6.45, 7) is 0.223. The second-order valence-corrected chi connectivity index (χ2v) is 5.98. The van der Waals surface area contributed by atoms with E-state index in [1.54, 1.807) is 6.07 Å². The van der Waals surface area contributed by atoms with Gasteiger partial charge >= 0.3 is 5.97 Å². The molecule has 6 heteroatoms. The van der Waals surface area contributed by atoms with E-state index >= 15 is 0 Å². The van der Waals surface area contributed by atoms with Crippen molar-refractivity contribution in [3.63, 3.8) is 0 Å². The number of hydrogen-bond donors (Lipinski definition) is 0. The van der Waals surface area contributed by atoms with Crippen LogP contribution in [0, 0.1) is 0 Å². The molecule has 0 fully saturated rings. The van der Waals surface area contributed by atoms with Crippen molar-refractivity contribution in [1.82, 2.24) is 0 Å². The third-order valence-electron chi connectivity index (χ3n) is 4.58. The van der Waals surface area contributed by atoms with Gasteiger partial charge in [0.15, 0.2) is 23.0 Å². The third kappa shape index (κ3) is 2.79. The molecule has 6 nitrogen and oxygen atoms in total. The predicted octanol–water partition coefficient (Wildman–Crippen LogP) is 4.04. The van der Waals surface area contributed by atoms with Crippen molar-refractivity contribution in [2.75, 3.05) is 28.1 Å². The first-order valence-corrected chi connectivity index (χ1v) is 8.33. The number of carbonyl (C=O) groups excluding carboxylic acids is 1. The number of fused-ring (bicyclic) bond motifs is 2. The van der Waals surface area contributed by atoms with Crippen LogP contribution in [0.15, 0.2) is 42.5 Å². The number of benzene rings is 3. The van der Waals surface area contributed by atoms with Gasteiger partial charge in [-0.1, -0.05) is 12.1 Å². The smallest absolute Gasteiger partial charge is 0.342 e. The minimum absolute atomic E-state index is 0.223. The van der Waals surface area contributed by atoms with Crippen molar-refractivity contribution in [1.29, 1.82) is 0 Å². The topological polar surface area (TPSA) is 63.2 Å². The molecular formula is C21H18O6. The molecule has 0 aliphatic carbocycles. The van der Waals surface area contributed by atoms with Gasteiger partial charge in [-0.2, -0.15) is 0 Å². The molecule has 27 heavy (non-hydrogen) atoms. The van der Waals surface area contributed by atoms with E-state index < -0.39 is 5.97 Å². The van der Waals surface area contributed by atoms with Gasteiger partial charge in [-0.05, 0) is 46.7 Å². The van der Waals surface area contributed by atoms with Crippen LogP contribution >= 0.6 is 0 Å². The molecule has 1 heterocycles. The molecule has 3 aromatic carbocycles. The number of ether oxygens (including phenoxy) is 5. The molecule has 0 radical (unpaired) electrons. The molecule has 0 bridgehead atoms. The average molecular weight is 366 g/mol. The number of carbonyl (C=O) groups is 1. The summed E-state index contributed by atoms with van der Waals surface area (Å²) in [5.41, 5.74) is 1.86. The van der Waals surface area contributed by atoms with Crippen LogP contribution in [-0.4, -0.2) is 34.1 Å². The van der Waals surface area contributed by atoms with Crippen molar-refractivity contribution in [2.45, 2.75) is 0 Å². The lowest BCUT2D eigenvalue weighted by Crippen LogP contribution is -2.07. The van der Waals surface area contributed by atoms with Gasteiger partial charge in [-0.15, -0.1) is 0 Å². The summed E-state index contributed by atoms with van der Waals surface area (Å²) in [5, 5.41) is 1.99. The van der Waals surface area contributed by atoms with Crippen LogP contribution in [0.25, 0.3) is 21.9 Å². The van der Waals surface area contributed by atoms with Gasteiger partial charge in [0.2, 0.25) is 6.79 Å². The molecule has 1 aliphatic rings. The Morgan fingerprint density at radius 1 is 0.889 bits per heavy atom. The second kappa shape index (κ2) is 6.72. The Hall–Kier alpha value is -3.41. The van der Waals surface area contributed by atoms with E-state index in [0.717, 1.165) is 22.1 Å². The number of rotatable bonds is 4. The summed E-state index contributed by atoms with van der Waals surface area (Å²) in [6, 6.07) is 13.4. The SMILES string of the molecule is COC(=O)c1c(-c2ccc3cc4c(cc3c2)OCO4)ccc(OC)c1OC. The molecule has 4 rings (SSSR count). The average Bonchev–Trinajstić information content (AvgIpc) is 3.17. The highest BCUT2D eigenvalue weighted by atomic mass is 16.7. The van der Waals surface area contributed by atoms with Gasteiger partial charge in [0, 0.05) is 5.56 Å². The van der Waals surface area contributed by atoms with Crippen LogP contribution in [0.2, 0.25) is 0 Å². The normalized spacial score (nSPS) is 12.1. The fourth-order valence-corrected chi connectivity index (χ4v) is 3.28. The summed E-state index contributed by atoms with van der Waals surface area (Å²) in [5.74, 6) is 1.75. The quantitative estimate of drug-likeness (QED) is 0.650. The van der Waals surface area contributed by atoms with Gasteiger partial charge in [0.05, 0.1) is 21.3 Å². The zero-order valence-corrected chi connectivity index (χ0v) is 15.2. The van der Waals surface area contributed by atoms with E-state index in [2.05, 4.69) is 0 Å². The first-order chi connectivity index (χ1) is 13.2. The zero-order valence-electron chi connectivity index (χ0n) is 15.2. The first kappa shape index (κ1) is 17.0. The summed E-state index contributed by atoms with van der Waals surface area (Å²) in [4.78, 5) is 12.5. The highest BCUT2D eigenvalue weighted by Gasteiger charge is 2.23. The minimum atomic E-state index is -0.494. The van der Waals surface area contributed by atoms with Gasteiger partial charge in [-0.25, -0.2) is 4.79 Å². The summed E-state index contributed by atoms with van der Waals surface area (Å²) < 4.78 is 26.6. The van der Waals surface area contributed by atoms with E-state index in [-0.39, 0.29) is 6.79 Å². The predicted molar refractivity (Wildman–Crippen MR) is 100.0 cm³/mol. The monoisotopic (exact) mass is 366 g/mol. The standard InChI is InChI=1S/C21H18O6/c1-23-16-7-6-15(19(20(16)24-2)21(22)25-3)13-5-4-12-9-17-18(27-11-26-17)10-14(12)8-13/h4-10H,11H2,1-3H3. The van der Waals surface area contributed by atoms with E-state index in [1.165, 1.54) is 21.3 Å². The highest BCUT2D eigenvalue weighted by Crippen LogP contribution is 2.41. The Balaban J connectivity index is 1.92. The Morgan fingerprint density at radius 2 is 1.63 bits per heavy atom. The van der Waals surface area contributed by atoms with Gasteiger partial charge < -0.3 is 23.7 Å². The van der Waals surface area contributed by atoms with Gasteiger partial charge in [0.25, 0.3) is 0 Å². The molecule has 0 saturated carbocycles. The van der Waals surface area contributed by atoms with Crippen LogP contribution in [0.4, 0.5) is 0 Å². The molecule has 0 atom stereocenters. The van der Waals surface area contributed by atoms with Crippen LogP contribution in [-0.2, 0) is 4.74 Å². The molecule has 0 spiro atoms. The Labute approximate surface area is 156 Å². The third-order valence-corrected chi connectivity index (χ3v) is 4.58. The minimum Gasteiger partial charge on any atom is -0.493 e. The fraction of sp³-hybridized carbons (Fsp3) is 0.190. The van der Waals surface area contributed by atoms with E-state index in [1.807, 2.05) is 36.4 Å². The number of esters is 1. The highest BCUT2D eigenvalue weighted by molar-refractivity contribution is 6.02. The Kier molecular flexibility index (Phi) is 4.24. The van der Waals surface area contributed by atoms with Crippen LogP contribution in [0.3, 0.4) is 0 Å². The molecule has 138 valence electrons.